The highest BCUT2D eigenvalue weighted by molar-refractivity contribution is 5.78. The number of guanidine groups is 1. The van der Waals surface area contributed by atoms with Crippen molar-refractivity contribution in [3.63, 3.8) is 0 Å². The molecule has 0 aliphatic carbocycles. The number of nitrogens with one attached hydrogen (secondary N) is 1. The molecule has 4 nitrogen and oxygen atoms in total. The second-order valence-electron chi connectivity index (χ2n) is 2.87. The SMILES string of the molecule is CC(C)NC(N)=NC[C@@H](C)O. The molecule has 4 N–H and O–H groups in total. The molecule has 0 spiro atoms. The topological polar surface area (TPSA) is 70.6 Å². The van der Waals surface area contributed by atoms with Crippen LogP contribution in [0.25, 0.3) is 0 Å². The summed E-state index contributed by atoms with van der Waals surface area (Å²) >= 11 is 0. The van der Waals surface area contributed by atoms with Crippen LogP contribution in [0.5, 0.6) is 0 Å². The molecule has 0 aliphatic rings. The molecule has 11 heavy (non-hydrogen) atoms. The summed E-state index contributed by atoms with van der Waals surface area (Å²) in [6, 6.07) is 0.285. The second kappa shape index (κ2) is 4.96. The fraction of sp³-hybridized carbons (Fsp3) is 0.857. The van der Waals surface area contributed by atoms with E-state index in [1.165, 1.54) is 0 Å². The Morgan fingerprint density at radius 1 is 1.55 bits per heavy atom. The molecule has 0 radical (unpaired) electrons. The molecule has 0 bridgehead atoms. The Morgan fingerprint density at radius 2 is 2.09 bits per heavy atom. The van der Waals surface area contributed by atoms with Crippen molar-refractivity contribution in [3.05, 3.63) is 0 Å². The van der Waals surface area contributed by atoms with Gasteiger partial charge in [0.15, 0.2) is 5.96 Å². The van der Waals surface area contributed by atoms with Crippen LogP contribution in [0.15, 0.2) is 4.99 Å². The quantitative estimate of drug-likeness (QED) is 0.390. The number of nitrogens with zero attached hydrogens (tertiary/aromatic N) is 1. The molecule has 0 aromatic rings. The zero-order valence-corrected chi connectivity index (χ0v) is 7.33. The third kappa shape index (κ3) is 7.12. The Labute approximate surface area is 67.5 Å². The maximum Gasteiger partial charge on any atom is 0.188 e. The maximum absolute atomic E-state index is 8.84. The second-order valence-corrected chi connectivity index (χ2v) is 2.87. The molecule has 0 saturated heterocycles. The number of aliphatic hydroxyl groups is 1. The number of hydrogen-bond donors (Lipinski definition) is 3. The molecular formula is C7H17N3O. The largest absolute Gasteiger partial charge is 0.391 e. The molecule has 0 unspecified atom stereocenters. The summed E-state index contributed by atoms with van der Waals surface area (Å²) in [5, 5.41) is 11.8. The van der Waals surface area contributed by atoms with Gasteiger partial charge in [-0.3, -0.25) is 4.99 Å². The van der Waals surface area contributed by atoms with E-state index in [4.69, 9.17) is 10.8 Å². The third-order valence-electron chi connectivity index (χ3n) is 0.962. The predicted octanol–water partition coefficient (Wildman–Crippen LogP) is -0.320. The Balaban J connectivity index is 3.63. The molecule has 0 aromatic heterocycles. The van der Waals surface area contributed by atoms with Crippen LogP contribution in [-0.4, -0.2) is 29.8 Å². The lowest BCUT2D eigenvalue weighted by molar-refractivity contribution is 0.204. The molecule has 0 aliphatic heterocycles. The fourth-order valence-electron chi connectivity index (χ4n) is 0.572. The first-order valence-electron chi connectivity index (χ1n) is 3.77. The van der Waals surface area contributed by atoms with Crippen LogP contribution in [0.1, 0.15) is 20.8 Å². The van der Waals surface area contributed by atoms with Crippen LogP contribution in [0.2, 0.25) is 0 Å². The van der Waals surface area contributed by atoms with Gasteiger partial charge in [-0.05, 0) is 20.8 Å². The first-order chi connectivity index (χ1) is 5.02. The van der Waals surface area contributed by atoms with Crippen molar-refractivity contribution in [1.82, 2.24) is 5.32 Å². The van der Waals surface area contributed by atoms with Gasteiger partial charge in [-0.25, -0.2) is 0 Å². The van der Waals surface area contributed by atoms with E-state index in [-0.39, 0.29) is 6.04 Å². The van der Waals surface area contributed by atoms with Gasteiger partial charge in [0.2, 0.25) is 0 Å². The lowest BCUT2D eigenvalue weighted by Gasteiger charge is -2.08. The van der Waals surface area contributed by atoms with Crippen LogP contribution in [0.3, 0.4) is 0 Å². The molecule has 0 saturated carbocycles. The average Bonchev–Trinajstić information content (AvgIpc) is 1.82. The number of nitrogens with two attached hydrogens (primary N) is 1. The van der Waals surface area contributed by atoms with Gasteiger partial charge in [0.05, 0.1) is 12.6 Å². The van der Waals surface area contributed by atoms with E-state index in [0.717, 1.165) is 0 Å². The molecule has 0 fully saturated rings. The average molecular weight is 159 g/mol. The molecule has 0 amide bonds. The van der Waals surface area contributed by atoms with Crippen molar-refractivity contribution < 1.29 is 5.11 Å². The molecule has 66 valence electrons. The summed E-state index contributed by atoms with van der Waals surface area (Å²) in [6.45, 7) is 5.98. The van der Waals surface area contributed by atoms with Gasteiger partial charge >= 0.3 is 0 Å². The van der Waals surface area contributed by atoms with Crippen LogP contribution in [-0.2, 0) is 0 Å². The number of aliphatic imine (C=N–C) groups is 1. The molecule has 0 heterocycles. The zero-order valence-electron chi connectivity index (χ0n) is 7.33. The van der Waals surface area contributed by atoms with Crippen molar-refractivity contribution in [2.24, 2.45) is 10.7 Å². The first kappa shape index (κ1) is 10.2. The van der Waals surface area contributed by atoms with E-state index in [9.17, 15) is 0 Å². The Hall–Kier alpha value is -0.770. The summed E-state index contributed by atoms with van der Waals surface area (Å²) in [6.07, 6.45) is -0.428. The Kier molecular flexibility index (Phi) is 4.61. The van der Waals surface area contributed by atoms with Crippen molar-refractivity contribution in [3.8, 4) is 0 Å². The van der Waals surface area contributed by atoms with Gasteiger partial charge in [0.1, 0.15) is 0 Å². The highest BCUT2D eigenvalue weighted by Crippen LogP contribution is 1.81. The summed E-state index contributed by atoms with van der Waals surface area (Å²) in [4.78, 5) is 3.90. The van der Waals surface area contributed by atoms with Gasteiger partial charge in [-0.2, -0.15) is 0 Å². The van der Waals surface area contributed by atoms with Crippen LogP contribution in [0.4, 0.5) is 0 Å². The highest BCUT2D eigenvalue weighted by Gasteiger charge is 1.96. The molecule has 1 atom stereocenters. The number of aliphatic hydroxyl groups excluding tert-OH is 1. The smallest absolute Gasteiger partial charge is 0.188 e. The third-order valence-corrected chi connectivity index (χ3v) is 0.962. The summed E-state index contributed by atoms with van der Waals surface area (Å²) < 4.78 is 0. The summed E-state index contributed by atoms with van der Waals surface area (Å²) in [5.74, 6) is 0.390. The zero-order chi connectivity index (χ0) is 8.85. The monoisotopic (exact) mass is 159 g/mol. The van der Waals surface area contributed by atoms with E-state index in [1.807, 2.05) is 13.8 Å². The van der Waals surface area contributed by atoms with E-state index in [0.29, 0.717) is 12.5 Å². The van der Waals surface area contributed by atoms with E-state index in [1.54, 1.807) is 6.92 Å². The van der Waals surface area contributed by atoms with Crippen molar-refractivity contribution >= 4 is 5.96 Å². The van der Waals surface area contributed by atoms with Gasteiger partial charge in [0.25, 0.3) is 0 Å². The van der Waals surface area contributed by atoms with E-state index < -0.39 is 6.10 Å². The lowest BCUT2D eigenvalue weighted by Crippen LogP contribution is -2.37. The van der Waals surface area contributed by atoms with Gasteiger partial charge < -0.3 is 16.2 Å². The van der Waals surface area contributed by atoms with Crippen LogP contribution < -0.4 is 11.1 Å². The van der Waals surface area contributed by atoms with Crippen molar-refractivity contribution in [2.45, 2.75) is 32.9 Å². The number of hydrogen-bond acceptors (Lipinski definition) is 2. The van der Waals surface area contributed by atoms with E-state index >= 15 is 0 Å². The van der Waals surface area contributed by atoms with Gasteiger partial charge in [0, 0.05) is 6.04 Å². The minimum absolute atomic E-state index is 0.285. The Bertz CT molecular complexity index is 132. The predicted molar refractivity (Wildman–Crippen MR) is 46.4 cm³/mol. The lowest BCUT2D eigenvalue weighted by atomic mass is 10.4. The van der Waals surface area contributed by atoms with Crippen LogP contribution >= 0.6 is 0 Å². The molecule has 0 rings (SSSR count). The standard InChI is InChI=1S/C7H17N3O/c1-5(2)10-7(8)9-4-6(3)11/h5-6,11H,4H2,1-3H3,(H3,8,9,10)/t6-/m1/s1. The molecular weight excluding hydrogens is 142 g/mol. The summed E-state index contributed by atoms with van der Waals surface area (Å²) in [5.41, 5.74) is 5.45. The van der Waals surface area contributed by atoms with Gasteiger partial charge in [-0.15, -0.1) is 0 Å². The minimum atomic E-state index is -0.428. The molecule has 4 heteroatoms. The van der Waals surface area contributed by atoms with Gasteiger partial charge in [-0.1, -0.05) is 0 Å². The minimum Gasteiger partial charge on any atom is -0.391 e. The summed E-state index contributed by atoms with van der Waals surface area (Å²) in [7, 11) is 0. The first-order valence-corrected chi connectivity index (χ1v) is 3.77. The van der Waals surface area contributed by atoms with Crippen LogP contribution in [0, 0.1) is 0 Å². The Morgan fingerprint density at radius 3 is 2.45 bits per heavy atom. The van der Waals surface area contributed by atoms with Crippen molar-refractivity contribution in [2.75, 3.05) is 6.54 Å². The number of rotatable bonds is 3. The molecule has 0 aromatic carbocycles. The highest BCUT2D eigenvalue weighted by atomic mass is 16.3. The van der Waals surface area contributed by atoms with Crippen molar-refractivity contribution in [1.29, 1.82) is 0 Å². The maximum atomic E-state index is 8.84. The normalized spacial score (nSPS) is 15.2. The fourth-order valence-corrected chi connectivity index (χ4v) is 0.572. The van der Waals surface area contributed by atoms with E-state index in [2.05, 4.69) is 10.3 Å².